The van der Waals surface area contributed by atoms with Gasteiger partial charge in [0, 0.05) is 35.6 Å². The first-order chi connectivity index (χ1) is 13.9. The Balaban J connectivity index is 1.90. The molecule has 156 valence electrons. The van der Waals surface area contributed by atoms with E-state index in [1.807, 2.05) is 6.21 Å². The molecule has 0 saturated carbocycles. The molecule has 0 amide bonds. The SMILES string of the molecule is CCCCc1ccc(N=Cc2cc3c(cc2OC)N(CC)C(C)(C)CC3C)cc1. The van der Waals surface area contributed by atoms with E-state index in [4.69, 9.17) is 9.73 Å². The van der Waals surface area contributed by atoms with Crippen LogP contribution in [-0.2, 0) is 6.42 Å². The van der Waals surface area contributed by atoms with E-state index in [1.165, 1.54) is 29.7 Å². The Kier molecular flexibility index (Phi) is 6.66. The maximum atomic E-state index is 5.74. The fourth-order valence-corrected chi connectivity index (χ4v) is 4.68. The molecule has 2 aromatic carbocycles. The lowest BCUT2D eigenvalue weighted by atomic mass is 9.79. The second-order valence-corrected chi connectivity index (χ2v) is 8.84. The molecule has 0 spiro atoms. The van der Waals surface area contributed by atoms with Gasteiger partial charge >= 0.3 is 0 Å². The predicted octanol–water partition coefficient (Wildman–Crippen LogP) is 6.90. The van der Waals surface area contributed by atoms with Gasteiger partial charge in [-0.15, -0.1) is 0 Å². The summed E-state index contributed by atoms with van der Waals surface area (Å²) in [5.74, 6) is 1.40. The summed E-state index contributed by atoms with van der Waals surface area (Å²) in [7, 11) is 1.75. The molecule has 29 heavy (non-hydrogen) atoms. The molecule has 3 nitrogen and oxygen atoms in total. The van der Waals surface area contributed by atoms with E-state index in [2.05, 4.69) is 75.9 Å². The van der Waals surface area contributed by atoms with Crippen LogP contribution in [0.4, 0.5) is 11.4 Å². The summed E-state index contributed by atoms with van der Waals surface area (Å²) in [5.41, 5.74) is 6.25. The molecule has 3 heteroatoms. The third-order valence-corrected chi connectivity index (χ3v) is 6.16. The highest BCUT2D eigenvalue weighted by molar-refractivity contribution is 5.87. The Morgan fingerprint density at radius 2 is 1.90 bits per heavy atom. The van der Waals surface area contributed by atoms with Crippen molar-refractivity contribution in [3.05, 3.63) is 53.1 Å². The van der Waals surface area contributed by atoms with Crippen LogP contribution in [0, 0.1) is 0 Å². The molecule has 0 N–H and O–H groups in total. The van der Waals surface area contributed by atoms with E-state index in [1.54, 1.807) is 7.11 Å². The second kappa shape index (κ2) is 9.02. The van der Waals surface area contributed by atoms with Crippen molar-refractivity contribution in [2.75, 3.05) is 18.6 Å². The summed E-state index contributed by atoms with van der Waals surface area (Å²) < 4.78 is 5.74. The third-order valence-electron chi connectivity index (χ3n) is 6.16. The molecular weight excluding hydrogens is 356 g/mol. The monoisotopic (exact) mass is 392 g/mol. The summed E-state index contributed by atoms with van der Waals surface area (Å²) in [6, 6.07) is 13.1. The molecule has 0 radical (unpaired) electrons. The number of hydrogen-bond donors (Lipinski definition) is 0. The van der Waals surface area contributed by atoms with Crippen LogP contribution in [0.3, 0.4) is 0 Å². The van der Waals surface area contributed by atoms with Crippen molar-refractivity contribution in [3.63, 3.8) is 0 Å². The Morgan fingerprint density at radius 3 is 2.52 bits per heavy atom. The summed E-state index contributed by atoms with van der Waals surface area (Å²) in [4.78, 5) is 7.23. The van der Waals surface area contributed by atoms with Crippen LogP contribution in [0.15, 0.2) is 41.4 Å². The lowest BCUT2D eigenvalue weighted by Gasteiger charge is -2.47. The average molecular weight is 393 g/mol. The summed E-state index contributed by atoms with van der Waals surface area (Å²) in [5, 5.41) is 0. The Morgan fingerprint density at radius 1 is 1.17 bits per heavy atom. The fourth-order valence-electron chi connectivity index (χ4n) is 4.68. The largest absolute Gasteiger partial charge is 0.496 e. The molecule has 1 unspecified atom stereocenters. The van der Waals surface area contributed by atoms with Crippen molar-refractivity contribution in [2.45, 2.75) is 71.8 Å². The van der Waals surface area contributed by atoms with Gasteiger partial charge in [0.1, 0.15) is 5.75 Å². The molecule has 0 aliphatic carbocycles. The van der Waals surface area contributed by atoms with Crippen LogP contribution in [0.1, 0.15) is 76.5 Å². The van der Waals surface area contributed by atoms with Crippen molar-refractivity contribution >= 4 is 17.6 Å². The lowest BCUT2D eigenvalue weighted by Crippen LogP contribution is -2.48. The number of benzene rings is 2. The summed E-state index contributed by atoms with van der Waals surface area (Å²) in [6.45, 7) is 12.5. The van der Waals surface area contributed by atoms with Gasteiger partial charge < -0.3 is 9.64 Å². The van der Waals surface area contributed by atoms with Crippen LogP contribution < -0.4 is 9.64 Å². The van der Waals surface area contributed by atoms with E-state index in [-0.39, 0.29) is 5.54 Å². The van der Waals surface area contributed by atoms with Gasteiger partial charge in [-0.3, -0.25) is 4.99 Å². The van der Waals surface area contributed by atoms with Gasteiger partial charge in [0.25, 0.3) is 0 Å². The van der Waals surface area contributed by atoms with E-state index in [0.717, 1.165) is 36.4 Å². The molecule has 0 aromatic heterocycles. The average Bonchev–Trinajstić information content (AvgIpc) is 2.70. The highest BCUT2D eigenvalue weighted by Gasteiger charge is 2.36. The number of methoxy groups -OCH3 is 1. The minimum absolute atomic E-state index is 0.154. The lowest BCUT2D eigenvalue weighted by molar-refractivity contribution is 0.377. The molecule has 2 aromatic rings. The van der Waals surface area contributed by atoms with Crippen LogP contribution in [0.2, 0.25) is 0 Å². The first kappa shape index (κ1) is 21.4. The van der Waals surface area contributed by atoms with E-state index >= 15 is 0 Å². The van der Waals surface area contributed by atoms with Crippen LogP contribution in [0.5, 0.6) is 5.75 Å². The number of anilines is 1. The first-order valence-corrected chi connectivity index (χ1v) is 11.0. The minimum atomic E-state index is 0.154. The molecule has 1 heterocycles. The molecule has 1 atom stereocenters. The normalized spacial score (nSPS) is 18.1. The maximum absolute atomic E-state index is 5.74. The Bertz CT molecular complexity index is 852. The number of rotatable bonds is 7. The standard InChI is InChI=1S/C26H36N2O/c1-7-9-10-20-11-13-22(14-12-20)27-18-21-15-23-19(3)17-26(4,5)28(8-2)24(23)16-25(21)29-6/h11-16,18-19H,7-10,17H2,1-6H3. The number of ether oxygens (including phenoxy) is 1. The quantitative estimate of drug-likeness (QED) is 0.479. The Labute approximate surface area is 176 Å². The van der Waals surface area contributed by atoms with Crippen molar-refractivity contribution in [2.24, 2.45) is 4.99 Å². The fraction of sp³-hybridized carbons (Fsp3) is 0.500. The van der Waals surface area contributed by atoms with Gasteiger partial charge in [0.2, 0.25) is 0 Å². The van der Waals surface area contributed by atoms with Crippen LogP contribution in [-0.4, -0.2) is 25.4 Å². The zero-order valence-electron chi connectivity index (χ0n) is 19.0. The van der Waals surface area contributed by atoms with Crippen LogP contribution in [0.25, 0.3) is 0 Å². The smallest absolute Gasteiger partial charge is 0.129 e. The highest BCUT2D eigenvalue weighted by atomic mass is 16.5. The molecule has 1 aliphatic heterocycles. The number of aliphatic imine (C=N–C) groups is 1. The van der Waals surface area contributed by atoms with Crippen molar-refractivity contribution in [3.8, 4) is 5.75 Å². The number of nitrogens with zero attached hydrogens (tertiary/aromatic N) is 2. The number of fused-ring (bicyclic) bond motifs is 1. The maximum Gasteiger partial charge on any atom is 0.129 e. The summed E-state index contributed by atoms with van der Waals surface area (Å²) in [6.07, 6.45) is 6.70. The number of aryl methyl sites for hydroxylation is 1. The summed E-state index contributed by atoms with van der Waals surface area (Å²) >= 11 is 0. The zero-order chi connectivity index (χ0) is 21.0. The molecule has 0 bridgehead atoms. The molecule has 0 saturated heterocycles. The van der Waals surface area contributed by atoms with Gasteiger partial charge in [-0.25, -0.2) is 0 Å². The van der Waals surface area contributed by atoms with Gasteiger partial charge in [0.05, 0.1) is 12.8 Å². The van der Waals surface area contributed by atoms with Crippen molar-refractivity contribution in [1.29, 1.82) is 0 Å². The van der Waals surface area contributed by atoms with Gasteiger partial charge in [-0.1, -0.05) is 32.4 Å². The number of unbranched alkanes of at least 4 members (excludes halogenated alkanes) is 1. The minimum Gasteiger partial charge on any atom is -0.496 e. The third kappa shape index (κ3) is 4.66. The van der Waals surface area contributed by atoms with E-state index < -0.39 is 0 Å². The molecule has 0 fully saturated rings. The van der Waals surface area contributed by atoms with Crippen molar-refractivity contribution in [1.82, 2.24) is 0 Å². The number of hydrogen-bond acceptors (Lipinski definition) is 3. The zero-order valence-corrected chi connectivity index (χ0v) is 19.0. The van der Waals surface area contributed by atoms with Gasteiger partial charge in [-0.2, -0.15) is 0 Å². The van der Waals surface area contributed by atoms with Gasteiger partial charge in [0.15, 0.2) is 0 Å². The second-order valence-electron chi connectivity index (χ2n) is 8.84. The molecule has 1 aliphatic rings. The first-order valence-electron chi connectivity index (χ1n) is 11.0. The topological polar surface area (TPSA) is 24.8 Å². The molecule has 3 rings (SSSR count). The van der Waals surface area contributed by atoms with Crippen LogP contribution >= 0.6 is 0 Å². The van der Waals surface area contributed by atoms with E-state index in [0.29, 0.717) is 5.92 Å². The van der Waals surface area contributed by atoms with Crippen molar-refractivity contribution < 1.29 is 4.74 Å². The predicted molar refractivity (Wildman–Crippen MR) is 125 cm³/mol. The molecular formula is C26H36N2O. The van der Waals surface area contributed by atoms with E-state index in [9.17, 15) is 0 Å². The Hall–Kier alpha value is -2.29. The van der Waals surface area contributed by atoms with Gasteiger partial charge in [-0.05, 0) is 75.3 Å². The highest BCUT2D eigenvalue weighted by Crippen LogP contribution is 2.45.